The number of nitrogens with one attached hydrogen (secondary N) is 2. The van der Waals surface area contributed by atoms with E-state index in [2.05, 4.69) is 30.2 Å². The van der Waals surface area contributed by atoms with Crippen molar-refractivity contribution in [3.63, 3.8) is 0 Å². The summed E-state index contributed by atoms with van der Waals surface area (Å²) in [4.78, 5) is 85.0. The standard InChI is InChI=1S/C15H20N2O6.C9H16ClNO4.C6H5NO2.CH3F.CH2O3.2Cs.H/c1-15(2,3)23-14(20)17-8-6-12(18)21-10-22-13(19)11-5-4-7-16-9-11;1-9(2,3)15-8(13)11-5-4-7(12)14-6-10;8-6(9)5-2-1-3-7-4-5;1-2;2-1-4-3;;;/h4-5,7,9H,6,8,10H2,1-3H3,(H,17,20);4-6H2,1-3H3,(H,11,13);1-4H,(H,8,9);1H3;1,3H;;;/q;;;;;2*+1;-1/p-1/i;;;1D;;;;. The number of pyridine rings is 2. The number of ether oxygens (including phenoxy) is 5. The molecular weight excluding hydrogens is 1000 g/mol. The van der Waals surface area contributed by atoms with Crippen LogP contribution < -0.4 is 154 Å². The first-order chi connectivity index (χ1) is 25.3. The predicted molar refractivity (Wildman–Crippen MR) is 182 cm³/mol. The van der Waals surface area contributed by atoms with Gasteiger partial charge in [-0.25, -0.2) is 19.2 Å². The number of amides is 2. The number of nitrogens with zero attached hydrogens (tertiary/aromatic N) is 2. The molecule has 0 aliphatic rings. The van der Waals surface area contributed by atoms with Gasteiger partial charge in [-0.3, -0.25) is 28.7 Å². The molecule has 0 radical (unpaired) electrons. The Balaban J connectivity index is -0.000000165. The summed E-state index contributed by atoms with van der Waals surface area (Å²) in [5.74, 6) is -2.65. The zero-order chi connectivity index (χ0) is 42.0. The topological polar surface area (TPSA) is 268 Å². The van der Waals surface area contributed by atoms with E-state index in [-0.39, 0.29) is 189 Å². The van der Waals surface area contributed by atoms with Gasteiger partial charge in [-0.15, -0.1) is 0 Å². The molecular formula is C32H46ClCs2FN4O15. The maximum absolute atomic E-state index is 11.5. The first-order valence-electron chi connectivity index (χ1n) is 15.6. The van der Waals surface area contributed by atoms with E-state index in [4.69, 9.17) is 47.1 Å². The number of aromatic nitrogens is 2. The fourth-order valence-corrected chi connectivity index (χ4v) is 2.69. The van der Waals surface area contributed by atoms with Crippen LogP contribution in [0.5, 0.6) is 0 Å². The Labute approximate surface area is 443 Å². The maximum atomic E-state index is 11.5. The third-order valence-electron chi connectivity index (χ3n) is 4.47. The molecule has 0 aromatic carbocycles. The molecule has 0 saturated carbocycles. The van der Waals surface area contributed by atoms with Crippen LogP contribution in [0.15, 0.2) is 49.1 Å². The van der Waals surface area contributed by atoms with Crippen LogP contribution in [0.1, 0.15) is 77.9 Å². The van der Waals surface area contributed by atoms with Crippen molar-refractivity contribution < 1.29 is 217 Å². The molecule has 0 bridgehead atoms. The molecule has 2 rings (SSSR count). The Kier molecular flexibility index (Phi) is 43.0. The fourth-order valence-electron chi connectivity index (χ4n) is 2.57. The minimum atomic E-state index is -1.00. The zero-order valence-electron chi connectivity index (χ0n) is 34.0. The maximum Gasteiger partial charge on any atom is 1.00 e. The van der Waals surface area contributed by atoms with Crippen LogP contribution in [0.25, 0.3) is 0 Å². The average molecular weight is 1050 g/mol. The molecule has 23 heteroatoms. The van der Waals surface area contributed by atoms with Gasteiger partial charge in [0.25, 0.3) is 6.47 Å². The number of aromatic carboxylic acids is 1. The van der Waals surface area contributed by atoms with Crippen LogP contribution >= 0.6 is 11.6 Å². The Morgan fingerprint density at radius 2 is 1.25 bits per heavy atom. The Bertz CT molecular complexity index is 1390. The smallest absolute Gasteiger partial charge is 1.00 e. The number of carboxylic acids is 1. The molecule has 55 heavy (non-hydrogen) atoms. The van der Waals surface area contributed by atoms with E-state index in [1.165, 1.54) is 36.9 Å². The molecule has 3 N–H and O–H groups in total. The number of carboxylic acid groups (broad SMARTS) is 1. The summed E-state index contributed by atoms with van der Waals surface area (Å²) in [6, 6.07) is 6.02. The molecule has 300 valence electrons. The molecule has 2 aromatic heterocycles. The molecule has 0 unspecified atom stereocenters. The van der Waals surface area contributed by atoms with Crippen LogP contribution in [0, 0.1) is 0 Å². The number of halogens is 2. The van der Waals surface area contributed by atoms with Gasteiger partial charge in [-0.1, -0.05) is 11.6 Å². The van der Waals surface area contributed by atoms with Crippen molar-refractivity contribution in [3.8, 4) is 0 Å². The quantitative estimate of drug-likeness (QED) is 0.0369. The van der Waals surface area contributed by atoms with Crippen molar-refractivity contribution in [2.24, 2.45) is 0 Å². The van der Waals surface area contributed by atoms with Crippen LogP contribution in [0.2, 0.25) is 0 Å². The Morgan fingerprint density at radius 1 is 0.855 bits per heavy atom. The molecule has 0 fully saturated rings. The van der Waals surface area contributed by atoms with E-state index in [0.29, 0.717) is 0 Å². The molecule has 19 nitrogen and oxygen atoms in total. The number of esters is 3. The zero-order valence-corrected chi connectivity index (χ0v) is 45.3. The summed E-state index contributed by atoms with van der Waals surface area (Å²) in [5, 5.41) is 21.6. The summed E-state index contributed by atoms with van der Waals surface area (Å²) in [6.07, 6.45) is 4.54. The van der Waals surface area contributed by atoms with Crippen LogP contribution in [0.4, 0.5) is 14.0 Å². The molecule has 2 aromatic rings. The summed E-state index contributed by atoms with van der Waals surface area (Å²) in [6.45, 7) is 10.0. The first kappa shape index (κ1) is 60.2. The van der Waals surface area contributed by atoms with Crippen molar-refractivity contribution in [1.29, 1.82) is 0 Å². The Morgan fingerprint density at radius 3 is 1.56 bits per heavy atom. The number of carbonyl (C=O) groups is 7. The SMILES string of the molecule is CC(C)(C)OC(=O)NCCC(=O)OCCl.CC(C)(C)OC(=O)NCCC(=O)OCOC(=O)c1cccnc1.O=C(O)c1cccnc1.O=CO[O-].[2H]CF.[Cs+].[Cs+].[H-]. The third kappa shape index (κ3) is 45.1. The van der Waals surface area contributed by atoms with E-state index in [1.807, 2.05) is 0 Å². The van der Waals surface area contributed by atoms with Gasteiger partial charge < -0.3 is 51.0 Å². The van der Waals surface area contributed by atoms with Gasteiger partial charge in [-0.2, -0.15) is 0 Å². The normalized spacial score (nSPS) is 9.51. The van der Waals surface area contributed by atoms with E-state index in [1.54, 1.807) is 53.7 Å². The number of alkyl carbamates (subject to hydrolysis) is 2. The van der Waals surface area contributed by atoms with Gasteiger partial charge in [-0.05, 0) is 65.8 Å². The van der Waals surface area contributed by atoms with Gasteiger partial charge in [0, 0.05) is 37.9 Å². The molecule has 0 spiro atoms. The average Bonchev–Trinajstić information content (AvgIpc) is 3.08. The van der Waals surface area contributed by atoms with Crippen LogP contribution in [0.3, 0.4) is 0 Å². The second-order valence-electron chi connectivity index (χ2n) is 11.0. The fraction of sp³-hybridized carbons (Fsp3) is 0.469. The second kappa shape index (κ2) is 39.3. The minimum absolute atomic E-state index is 0. The minimum Gasteiger partial charge on any atom is -1.00 e. The number of hydrogen-bond acceptors (Lipinski definition) is 16. The summed E-state index contributed by atoms with van der Waals surface area (Å²) >= 11 is 5.17. The summed E-state index contributed by atoms with van der Waals surface area (Å²) in [7, 11) is -1.00. The molecule has 0 atom stereocenters. The molecule has 2 heterocycles. The van der Waals surface area contributed by atoms with E-state index >= 15 is 0 Å². The second-order valence-corrected chi connectivity index (χ2v) is 11.2. The number of alkyl halides is 2. The van der Waals surface area contributed by atoms with Crippen LogP contribution in [-0.4, -0.2) is 102 Å². The molecule has 0 aliphatic heterocycles. The summed E-state index contributed by atoms with van der Waals surface area (Å²) < 4.78 is 39.4. The van der Waals surface area contributed by atoms with E-state index in [0.717, 1.165) is 0 Å². The molecule has 0 aliphatic carbocycles. The first-order valence-corrected chi connectivity index (χ1v) is 15.4. The summed E-state index contributed by atoms with van der Waals surface area (Å²) in [5.41, 5.74) is -0.668. The van der Waals surface area contributed by atoms with Gasteiger partial charge in [0.2, 0.25) is 6.79 Å². The Hall–Kier alpha value is -1.53. The van der Waals surface area contributed by atoms with Crippen molar-refractivity contribution in [2.45, 2.75) is 65.6 Å². The van der Waals surface area contributed by atoms with Crippen molar-refractivity contribution in [3.05, 3.63) is 60.2 Å². The molecule has 2 amide bonds. The largest absolute Gasteiger partial charge is 1.00 e. The number of rotatable bonds is 12. The molecule has 0 saturated heterocycles. The van der Waals surface area contributed by atoms with Gasteiger partial charge in [0.05, 0.1) is 32.5 Å². The van der Waals surface area contributed by atoms with Crippen molar-refractivity contribution in [2.75, 3.05) is 33.1 Å². The predicted octanol–water partition coefficient (Wildman–Crippen LogP) is -2.78. The number of carbonyl (C=O) groups excluding carboxylic acids is 6. The van der Waals surface area contributed by atoms with Crippen molar-refractivity contribution >= 4 is 54.1 Å². The van der Waals surface area contributed by atoms with E-state index in [9.17, 15) is 33.2 Å². The van der Waals surface area contributed by atoms with E-state index < -0.39 is 61.2 Å². The van der Waals surface area contributed by atoms with Gasteiger partial charge in [0.1, 0.15) is 11.2 Å². The monoisotopic (exact) mass is 1050 g/mol. The van der Waals surface area contributed by atoms with Gasteiger partial charge in [0.15, 0.2) is 6.07 Å². The van der Waals surface area contributed by atoms with Crippen molar-refractivity contribution in [1.82, 2.24) is 20.6 Å². The van der Waals surface area contributed by atoms with Gasteiger partial charge >= 0.3 is 174 Å². The van der Waals surface area contributed by atoms with Crippen LogP contribution in [-0.2, 0) is 43.0 Å². The number of hydrogen-bond donors (Lipinski definition) is 3. The third-order valence-corrected chi connectivity index (χ3v) is 4.57.